The minimum atomic E-state index is -1.21. The van der Waals surface area contributed by atoms with Crippen LogP contribution in [0.1, 0.15) is 5.69 Å². The third-order valence-electron chi connectivity index (χ3n) is 4.47. The van der Waals surface area contributed by atoms with Gasteiger partial charge in [-0.3, -0.25) is 14.5 Å². The van der Waals surface area contributed by atoms with E-state index in [1.54, 1.807) is 5.51 Å². The van der Waals surface area contributed by atoms with E-state index in [0.29, 0.717) is 21.4 Å². The number of carbonyl (C=O) groups excluding carboxylic acids is 2. The quantitative estimate of drug-likeness (QED) is 0.187. The number of fused-ring (bicyclic) bond motifs is 1. The zero-order chi connectivity index (χ0) is 23.7. The molecule has 2 atom stereocenters. The highest BCUT2D eigenvalue weighted by Gasteiger charge is 2.54. The number of rotatable bonds is 8. The lowest BCUT2D eigenvalue weighted by molar-refractivity contribution is -0.150. The van der Waals surface area contributed by atoms with Crippen molar-refractivity contribution in [1.82, 2.24) is 25.4 Å². The lowest BCUT2D eigenvalue weighted by Crippen LogP contribution is -2.71. The predicted molar refractivity (Wildman–Crippen MR) is 125 cm³/mol. The van der Waals surface area contributed by atoms with Crippen LogP contribution in [0.15, 0.2) is 26.3 Å². The Balaban J connectivity index is 1.51. The van der Waals surface area contributed by atoms with Gasteiger partial charge < -0.3 is 21.0 Å². The van der Waals surface area contributed by atoms with E-state index in [-0.39, 0.29) is 26.6 Å². The van der Waals surface area contributed by atoms with Crippen molar-refractivity contribution >= 4 is 86.4 Å². The number of amides is 2. The van der Waals surface area contributed by atoms with Crippen LogP contribution in [0.25, 0.3) is 0 Å². The van der Waals surface area contributed by atoms with Crippen molar-refractivity contribution in [2.45, 2.75) is 15.8 Å². The first-order valence-corrected chi connectivity index (χ1v) is 13.1. The fraction of sp³-hybridized carbons (Fsp3) is 0.312. The number of carboxylic acids is 1. The van der Waals surface area contributed by atoms with Crippen molar-refractivity contribution < 1.29 is 24.3 Å². The number of carbonyl (C=O) groups is 3. The lowest BCUT2D eigenvalue weighted by atomic mass is 10.0. The highest BCUT2D eigenvalue weighted by molar-refractivity contribution is 8.01. The summed E-state index contributed by atoms with van der Waals surface area (Å²) in [5.74, 6) is -1.77. The van der Waals surface area contributed by atoms with Crippen molar-refractivity contribution in [3.63, 3.8) is 0 Å². The summed E-state index contributed by atoms with van der Waals surface area (Å²) in [5.41, 5.74) is 7.52. The Labute approximate surface area is 207 Å². The Morgan fingerprint density at radius 3 is 2.91 bits per heavy atom. The largest absolute Gasteiger partial charge is 0.477 e. The van der Waals surface area contributed by atoms with Crippen LogP contribution in [-0.2, 0) is 19.2 Å². The number of nitrogens with one attached hydrogen (secondary N) is 1. The molecule has 2 aromatic heterocycles. The van der Waals surface area contributed by atoms with E-state index in [9.17, 15) is 19.5 Å². The summed E-state index contributed by atoms with van der Waals surface area (Å²) in [7, 11) is 1.25. The van der Waals surface area contributed by atoms with Gasteiger partial charge in [0.15, 0.2) is 15.2 Å². The molecule has 17 heteroatoms. The minimum Gasteiger partial charge on any atom is -0.477 e. The molecule has 0 aromatic carbocycles. The fourth-order valence-corrected chi connectivity index (χ4v) is 7.03. The number of hydrogen-bond donors (Lipinski definition) is 3. The van der Waals surface area contributed by atoms with Crippen molar-refractivity contribution in [2.75, 3.05) is 24.3 Å². The Kier molecular flexibility index (Phi) is 7.08. The van der Waals surface area contributed by atoms with Gasteiger partial charge in [0.1, 0.15) is 39.8 Å². The number of nitrogens with zero attached hydrogens (tertiary/aromatic N) is 5. The van der Waals surface area contributed by atoms with Crippen LogP contribution in [0.2, 0.25) is 4.34 Å². The summed E-state index contributed by atoms with van der Waals surface area (Å²) in [4.78, 5) is 47.6. The first kappa shape index (κ1) is 23.7. The molecule has 1 fully saturated rings. The Hall–Kier alpha value is -2.40. The summed E-state index contributed by atoms with van der Waals surface area (Å²) in [5, 5.41) is 23.2. The monoisotopic (exact) mass is 547 g/mol. The van der Waals surface area contributed by atoms with Gasteiger partial charge in [-0.1, -0.05) is 51.2 Å². The van der Waals surface area contributed by atoms with Gasteiger partial charge in [-0.15, -0.1) is 22.0 Å². The maximum absolute atomic E-state index is 12.9. The summed E-state index contributed by atoms with van der Waals surface area (Å²) < 4.78 is 0.839. The maximum Gasteiger partial charge on any atom is 0.352 e. The molecule has 4 N–H and O–H groups in total. The molecule has 33 heavy (non-hydrogen) atoms. The number of nitrogens with two attached hydrogens (primary N) is 1. The minimum absolute atomic E-state index is 0.0283. The molecule has 12 nitrogen and oxygen atoms in total. The second-order valence-electron chi connectivity index (χ2n) is 6.41. The van der Waals surface area contributed by atoms with Crippen LogP contribution in [-0.4, -0.2) is 78.7 Å². The number of carboxylic acid groups (broad SMARTS) is 1. The highest BCUT2D eigenvalue weighted by atomic mass is 35.5. The van der Waals surface area contributed by atoms with Crippen molar-refractivity contribution in [3.8, 4) is 0 Å². The number of aliphatic carboxylic acids is 1. The molecule has 2 amide bonds. The number of aromatic nitrogens is 3. The van der Waals surface area contributed by atoms with Crippen LogP contribution in [0, 0.1) is 0 Å². The number of halogens is 1. The molecule has 0 spiro atoms. The van der Waals surface area contributed by atoms with Gasteiger partial charge in [-0.2, -0.15) is 0 Å². The number of oxime groups is 1. The maximum atomic E-state index is 12.9. The topological polar surface area (TPSA) is 173 Å². The van der Waals surface area contributed by atoms with E-state index in [4.69, 9.17) is 22.2 Å². The number of thioether (sulfide) groups is 2. The van der Waals surface area contributed by atoms with Crippen molar-refractivity contribution in [1.29, 1.82) is 0 Å². The standard InChI is InChI=1S/C16H14ClN7O5S4/c1-29-23-7(6-10(17)33-15(18)21-6)11(25)20-8-12(26)24-9(14(27)28)5(2-30-13(8)24)3-31-16-22-19-4-32-16/h4,8,13H,2-3H2,1H3,(H2,18,21)(H,20,25)(H,27,28)/b23-7-/t8?,13-/m1/s1. The molecule has 2 aromatic rings. The van der Waals surface area contributed by atoms with E-state index in [1.807, 2.05) is 0 Å². The average molecular weight is 548 g/mol. The first-order valence-electron chi connectivity index (χ1n) is 8.95. The summed E-state index contributed by atoms with van der Waals surface area (Å²) in [6, 6.07) is -0.953. The number of anilines is 1. The number of thiazole rings is 1. The number of hydrogen-bond acceptors (Lipinski definition) is 13. The van der Waals surface area contributed by atoms with Crippen molar-refractivity contribution in [3.05, 3.63) is 26.8 Å². The van der Waals surface area contributed by atoms with Crippen LogP contribution in [0.5, 0.6) is 0 Å². The molecule has 0 saturated carbocycles. The molecule has 174 valence electrons. The lowest BCUT2D eigenvalue weighted by Gasteiger charge is -2.49. The molecule has 0 aliphatic carbocycles. The van der Waals surface area contributed by atoms with Gasteiger partial charge in [0.2, 0.25) is 0 Å². The van der Waals surface area contributed by atoms with E-state index >= 15 is 0 Å². The van der Waals surface area contributed by atoms with Crippen LogP contribution in [0.4, 0.5) is 5.13 Å². The molecule has 0 bridgehead atoms. The van der Waals surface area contributed by atoms with Gasteiger partial charge in [0.25, 0.3) is 11.8 Å². The van der Waals surface area contributed by atoms with E-state index in [1.165, 1.54) is 46.9 Å². The molecule has 4 heterocycles. The summed E-state index contributed by atoms with van der Waals surface area (Å²) >= 11 is 11.1. The van der Waals surface area contributed by atoms with Gasteiger partial charge in [0, 0.05) is 11.5 Å². The summed E-state index contributed by atoms with van der Waals surface area (Å²) in [6.45, 7) is 0. The van der Waals surface area contributed by atoms with E-state index in [0.717, 1.165) is 11.3 Å². The number of β-lactam (4-membered cyclic amide) rings is 1. The summed E-state index contributed by atoms with van der Waals surface area (Å²) in [6.07, 6.45) is 0. The van der Waals surface area contributed by atoms with Gasteiger partial charge >= 0.3 is 5.97 Å². The van der Waals surface area contributed by atoms with Crippen LogP contribution in [0.3, 0.4) is 0 Å². The molecule has 0 radical (unpaired) electrons. The highest BCUT2D eigenvalue weighted by Crippen LogP contribution is 2.41. The second-order valence-corrected chi connectivity index (χ2v) is 11.2. The number of nitrogen functional groups attached to an aromatic ring is 1. The molecule has 2 aliphatic rings. The predicted octanol–water partition coefficient (Wildman–Crippen LogP) is 1.11. The zero-order valence-corrected chi connectivity index (χ0v) is 20.6. The molecular formula is C16H14ClN7O5S4. The zero-order valence-electron chi connectivity index (χ0n) is 16.6. The Morgan fingerprint density at radius 2 is 2.30 bits per heavy atom. The van der Waals surface area contributed by atoms with E-state index in [2.05, 4.69) is 25.7 Å². The normalized spacial score (nSPS) is 20.4. The second kappa shape index (κ2) is 9.84. The fourth-order valence-electron chi connectivity index (χ4n) is 3.13. The third-order valence-corrected chi connectivity index (χ3v) is 8.84. The van der Waals surface area contributed by atoms with Crippen LogP contribution < -0.4 is 11.1 Å². The Morgan fingerprint density at radius 1 is 1.52 bits per heavy atom. The van der Waals surface area contributed by atoms with Gasteiger partial charge in [0.05, 0.1) is 0 Å². The van der Waals surface area contributed by atoms with Crippen molar-refractivity contribution in [2.24, 2.45) is 5.16 Å². The third kappa shape index (κ3) is 4.65. The first-order chi connectivity index (χ1) is 15.8. The SMILES string of the molecule is CO/N=C(\C(=O)NC1C(=O)N2C(C(=O)O)=C(CSc3nncs3)CS[C@H]12)c1nc(N)sc1Cl. The molecule has 2 aliphatic heterocycles. The Bertz CT molecular complexity index is 1170. The molecule has 4 rings (SSSR count). The average Bonchev–Trinajstić information content (AvgIpc) is 3.42. The van der Waals surface area contributed by atoms with Gasteiger partial charge in [-0.05, 0) is 5.57 Å². The molecule has 1 unspecified atom stereocenters. The smallest absolute Gasteiger partial charge is 0.352 e. The molecule has 1 saturated heterocycles. The van der Waals surface area contributed by atoms with E-state index < -0.39 is 29.2 Å². The molecular weight excluding hydrogens is 534 g/mol. The van der Waals surface area contributed by atoms with Crippen LogP contribution >= 0.6 is 57.8 Å². The van der Waals surface area contributed by atoms with Gasteiger partial charge in [-0.25, -0.2) is 9.78 Å².